The van der Waals surface area contributed by atoms with E-state index in [2.05, 4.69) is 19.1 Å². The Bertz CT molecular complexity index is 230. The number of rotatable bonds is 15. The molecule has 0 unspecified atom stereocenters. The third-order valence-corrected chi connectivity index (χ3v) is 3.79. The van der Waals surface area contributed by atoms with Crippen molar-refractivity contribution in [3.63, 3.8) is 0 Å². The van der Waals surface area contributed by atoms with Crippen LogP contribution in [0, 0.1) is 0 Å². The zero-order valence-corrected chi connectivity index (χ0v) is 14.0. The Kier molecular flexibility index (Phi) is 16.0. The van der Waals surface area contributed by atoms with Gasteiger partial charge < -0.3 is 4.79 Å². The SMILES string of the molecule is CCCC/C=C\CCCCCCCCCCCC(C)=O. The largest absolute Gasteiger partial charge is 0.300 e. The molecular formula is C19H36O. The van der Waals surface area contributed by atoms with Gasteiger partial charge in [0.15, 0.2) is 0 Å². The zero-order valence-electron chi connectivity index (χ0n) is 14.0. The Morgan fingerprint density at radius 2 is 1.15 bits per heavy atom. The molecule has 0 aromatic rings. The molecule has 1 heteroatoms. The summed E-state index contributed by atoms with van der Waals surface area (Å²) >= 11 is 0. The van der Waals surface area contributed by atoms with Crippen LogP contribution in [0.25, 0.3) is 0 Å². The molecule has 118 valence electrons. The number of allylic oxidation sites excluding steroid dienone is 2. The first-order valence-electron chi connectivity index (χ1n) is 8.91. The first-order chi connectivity index (χ1) is 9.77. The third kappa shape index (κ3) is 17.4. The van der Waals surface area contributed by atoms with E-state index in [1.165, 1.54) is 77.0 Å². The molecule has 1 nitrogen and oxygen atoms in total. The molecule has 0 amide bonds. The van der Waals surface area contributed by atoms with Gasteiger partial charge in [-0.25, -0.2) is 0 Å². The van der Waals surface area contributed by atoms with Crippen LogP contribution in [0.3, 0.4) is 0 Å². The van der Waals surface area contributed by atoms with Crippen LogP contribution >= 0.6 is 0 Å². The van der Waals surface area contributed by atoms with E-state index in [9.17, 15) is 4.79 Å². The van der Waals surface area contributed by atoms with Crippen molar-refractivity contribution in [2.45, 2.75) is 104 Å². The minimum atomic E-state index is 0.341. The van der Waals surface area contributed by atoms with E-state index in [4.69, 9.17) is 0 Å². The molecular weight excluding hydrogens is 244 g/mol. The highest BCUT2D eigenvalue weighted by Gasteiger charge is 1.94. The first kappa shape index (κ1) is 19.4. The van der Waals surface area contributed by atoms with Crippen molar-refractivity contribution in [3.05, 3.63) is 12.2 Å². The zero-order chi connectivity index (χ0) is 14.9. The maximum atomic E-state index is 10.8. The smallest absolute Gasteiger partial charge is 0.129 e. The quantitative estimate of drug-likeness (QED) is 0.243. The molecule has 0 fully saturated rings. The average molecular weight is 280 g/mol. The van der Waals surface area contributed by atoms with E-state index in [0.29, 0.717) is 5.78 Å². The van der Waals surface area contributed by atoms with Crippen molar-refractivity contribution in [2.24, 2.45) is 0 Å². The molecule has 0 spiro atoms. The summed E-state index contributed by atoms with van der Waals surface area (Å²) in [5.74, 6) is 0.341. The van der Waals surface area contributed by atoms with Crippen LogP contribution in [0.2, 0.25) is 0 Å². The monoisotopic (exact) mass is 280 g/mol. The van der Waals surface area contributed by atoms with Crippen molar-refractivity contribution in [1.29, 1.82) is 0 Å². The summed E-state index contributed by atoms with van der Waals surface area (Å²) in [4.78, 5) is 10.8. The van der Waals surface area contributed by atoms with Gasteiger partial charge in [0.2, 0.25) is 0 Å². The molecule has 0 saturated heterocycles. The molecule has 0 aliphatic rings. The number of carbonyl (C=O) groups is 1. The van der Waals surface area contributed by atoms with E-state index in [1.807, 2.05) is 0 Å². The van der Waals surface area contributed by atoms with Gasteiger partial charge in [-0.1, -0.05) is 76.9 Å². The topological polar surface area (TPSA) is 17.1 Å². The summed E-state index contributed by atoms with van der Waals surface area (Å²) in [7, 11) is 0. The van der Waals surface area contributed by atoms with Crippen LogP contribution in [0.5, 0.6) is 0 Å². The van der Waals surface area contributed by atoms with Crippen molar-refractivity contribution in [2.75, 3.05) is 0 Å². The number of Topliss-reactive ketones (excluding diaryl/α,β-unsaturated/α-hetero) is 1. The molecule has 20 heavy (non-hydrogen) atoms. The summed E-state index contributed by atoms with van der Waals surface area (Å²) < 4.78 is 0. The number of carbonyl (C=O) groups excluding carboxylic acids is 1. The van der Waals surface area contributed by atoms with Crippen LogP contribution in [-0.2, 0) is 4.79 Å². The van der Waals surface area contributed by atoms with Gasteiger partial charge in [0.25, 0.3) is 0 Å². The standard InChI is InChI=1S/C19H36O/c1-3-4-5-6-7-8-9-10-11-12-13-14-15-16-17-18-19(2)20/h6-7H,3-5,8-18H2,1-2H3/b7-6-. The van der Waals surface area contributed by atoms with Crippen LogP contribution in [0.1, 0.15) is 104 Å². The van der Waals surface area contributed by atoms with Crippen LogP contribution in [-0.4, -0.2) is 5.78 Å². The highest BCUT2D eigenvalue weighted by molar-refractivity contribution is 5.75. The van der Waals surface area contributed by atoms with Gasteiger partial charge in [0, 0.05) is 6.42 Å². The number of unbranched alkanes of at least 4 members (excludes halogenated alkanes) is 11. The lowest BCUT2D eigenvalue weighted by Gasteiger charge is -2.01. The molecule has 0 rings (SSSR count). The summed E-state index contributed by atoms with van der Waals surface area (Å²) in [5, 5.41) is 0. The lowest BCUT2D eigenvalue weighted by Crippen LogP contribution is -1.89. The Balaban J connectivity index is 3.02. The summed E-state index contributed by atoms with van der Waals surface area (Å²) in [6.07, 6.45) is 22.6. The minimum absolute atomic E-state index is 0.341. The lowest BCUT2D eigenvalue weighted by atomic mass is 10.0. The van der Waals surface area contributed by atoms with Crippen molar-refractivity contribution in [1.82, 2.24) is 0 Å². The molecule has 0 aromatic heterocycles. The van der Waals surface area contributed by atoms with Gasteiger partial charge in [-0.05, 0) is 32.6 Å². The Hall–Kier alpha value is -0.590. The van der Waals surface area contributed by atoms with Gasteiger partial charge in [-0.3, -0.25) is 0 Å². The minimum Gasteiger partial charge on any atom is -0.300 e. The predicted octanol–water partition coefficient (Wildman–Crippen LogP) is 6.61. The van der Waals surface area contributed by atoms with E-state index in [1.54, 1.807) is 6.92 Å². The number of hydrogen-bond donors (Lipinski definition) is 0. The van der Waals surface area contributed by atoms with Crippen molar-refractivity contribution in [3.8, 4) is 0 Å². The fourth-order valence-electron chi connectivity index (χ4n) is 2.43. The molecule has 0 bridgehead atoms. The Morgan fingerprint density at radius 1 is 0.700 bits per heavy atom. The predicted molar refractivity (Wildman–Crippen MR) is 90.1 cm³/mol. The Labute approximate surface area is 127 Å². The van der Waals surface area contributed by atoms with Gasteiger partial charge >= 0.3 is 0 Å². The normalized spacial score (nSPS) is 11.3. The molecule has 0 N–H and O–H groups in total. The highest BCUT2D eigenvalue weighted by atomic mass is 16.1. The fourth-order valence-corrected chi connectivity index (χ4v) is 2.43. The second kappa shape index (κ2) is 16.5. The van der Waals surface area contributed by atoms with E-state index < -0.39 is 0 Å². The van der Waals surface area contributed by atoms with Crippen LogP contribution in [0.4, 0.5) is 0 Å². The van der Waals surface area contributed by atoms with E-state index >= 15 is 0 Å². The number of ketones is 1. The second-order valence-corrected chi connectivity index (χ2v) is 6.04. The average Bonchev–Trinajstić information content (AvgIpc) is 2.43. The van der Waals surface area contributed by atoms with Gasteiger partial charge in [-0.2, -0.15) is 0 Å². The summed E-state index contributed by atoms with van der Waals surface area (Å²) in [6, 6.07) is 0. The Morgan fingerprint density at radius 3 is 1.65 bits per heavy atom. The molecule has 0 aromatic carbocycles. The maximum Gasteiger partial charge on any atom is 0.129 e. The van der Waals surface area contributed by atoms with Gasteiger partial charge in [-0.15, -0.1) is 0 Å². The highest BCUT2D eigenvalue weighted by Crippen LogP contribution is 2.11. The van der Waals surface area contributed by atoms with Crippen molar-refractivity contribution >= 4 is 5.78 Å². The van der Waals surface area contributed by atoms with E-state index in [-0.39, 0.29) is 0 Å². The first-order valence-corrected chi connectivity index (χ1v) is 8.91. The van der Waals surface area contributed by atoms with Gasteiger partial charge in [0.1, 0.15) is 5.78 Å². The van der Waals surface area contributed by atoms with Crippen LogP contribution in [0.15, 0.2) is 12.2 Å². The number of hydrogen-bond acceptors (Lipinski definition) is 1. The fraction of sp³-hybridized carbons (Fsp3) is 0.842. The molecule has 0 aliphatic carbocycles. The van der Waals surface area contributed by atoms with Gasteiger partial charge in [0.05, 0.1) is 0 Å². The molecule has 0 saturated carbocycles. The lowest BCUT2D eigenvalue weighted by molar-refractivity contribution is -0.117. The maximum absolute atomic E-state index is 10.8. The van der Waals surface area contributed by atoms with E-state index in [0.717, 1.165) is 12.8 Å². The van der Waals surface area contributed by atoms with Crippen LogP contribution < -0.4 is 0 Å². The summed E-state index contributed by atoms with van der Waals surface area (Å²) in [6.45, 7) is 3.94. The second-order valence-electron chi connectivity index (χ2n) is 6.04. The summed E-state index contributed by atoms with van der Waals surface area (Å²) in [5.41, 5.74) is 0. The molecule has 0 atom stereocenters. The molecule has 0 radical (unpaired) electrons. The van der Waals surface area contributed by atoms with Crippen molar-refractivity contribution < 1.29 is 4.79 Å². The molecule has 0 heterocycles. The third-order valence-electron chi connectivity index (χ3n) is 3.79. The molecule has 0 aliphatic heterocycles.